The summed E-state index contributed by atoms with van der Waals surface area (Å²) in [5, 5.41) is 0. The number of nitrogens with two attached hydrogens (primary N) is 1. The molecule has 1 unspecified atom stereocenters. The zero-order valence-corrected chi connectivity index (χ0v) is 13.0. The fraction of sp³-hybridized carbons (Fsp3) is 0.438. The molecule has 2 rings (SSSR count). The van der Waals surface area contributed by atoms with Crippen LogP contribution >= 0.6 is 11.3 Å². The number of hydrogen-bond acceptors (Lipinski definition) is 4. The Kier molecular flexibility index (Phi) is 5.56. The van der Waals surface area contributed by atoms with Crippen LogP contribution in [0.2, 0.25) is 0 Å². The van der Waals surface area contributed by atoms with E-state index in [1.807, 2.05) is 17.6 Å². The Morgan fingerprint density at radius 2 is 2.15 bits per heavy atom. The van der Waals surface area contributed by atoms with E-state index in [-0.39, 0.29) is 0 Å². The van der Waals surface area contributed by atoms with Gasteiger partial charge < -0.3 is 10.5 Å². The lowest BCUT2D eigenvalue weighted by Crippen LogP contribution is -2.18. The van der Waals surface area contributed by atoms with Crippen molar-refractivity contribution >= 4 is 11.3 Å². The molecule has 0 fully saturated rings. The van der Waals surface area contributed by atoms with Crippen molar-refractivity contribution in [2.24, 2.45) is 11.7 Å². The van der Waals surface area contributed by atoms with Gasteiger partial charge in [0.25, 0.3) is 0 Å². The predicted molar refractivity (Wildman–Crippen MR) is 84.4 cm³/mol. The number of nitrogens with zero attached hydrogens (tertiary/aromatic N) is 1. The summed E-state index contributed by atoms with van der Waals surface area (Å²) in [4.78, 5) is 5.68. The van der Waals surface area contributed by atoms with Crippen LogP contribution in [0.15, 0.2) is 29.8 Å². The van der Waals surface area contributed by atoms with Crippen molar-refractivity contribution in [2.75, 3.05) is 13.7 Å². The lowest BCUT2D eigenvalue weighted by Gasteiger charge is -2.16. The molecule has 20 heavy (non-hydrogen) atoms. The van der Waals surface area contributed by atoms with Crippen LogP contribution in [0, 0.1) is 12.8 Å². The first kappa shape index (κ1) is 15.0. The maximum atomic E-state index is 5.94. The molecule has 0 aliphatic rings. The van der Waals surface area contributed by atoms with E-state index >= 15 is 0 Å². The van der Waals surface area contributed by atoms with E-state index in [2.05, 4.69) is 24.0 Å². The number of aryl methyl sites for hydroxylation is 2. The zero-order chi connectivity index (χ0) is 14.4. The molecule has 4 heteroatoms. The van der Waals surface area contributed by atoms with Gasteiger partial charge in [-0.3, -0.25) is 0 Å². The molecule has 2 N–H and O–H groups in total. The Morgan fingerprint density at radius 3 is 2.80 bits per heavy atom. The summed E-state index contributed by atoms with van der Waals surface area (Å²) >= 11 is 1.74. The molecule has 0 spiro atoms. The minimum absolute atomic E-state index is 0.479. The van der Waals surface area contributed by atoms with Gasteiger partial charge in [0.15, 0.2) is 0 Å². The molecule has 0 aliphatic heterocycles. The SMILES string of the molecule is COc1ccccc1CC(CN)CCc1scnc1C. The van der Waals surface area contributed by atoms with E-state index < -0.39 is 0 Å². The highest BCUT2D eigenvalue weighted by Gasteiger charge is 2.12. The minimum Gasteiger partial charge on any atom is -0.496 e. The second-order valence-corrected chi connectivity index (χ2v) is 5.96. The summed E-state index contributed by atoms with van der Waals surface area (Å²) in [5.74, 6) is 1.44. The highest BCUT2D eigenvalue weighted by atomic mass is 32.1. The van der Waals surface area contributed by atoms with E-state index in [1.165, 1.54) is 10.4 Å². The van der Waals surface area contributed by atoms with Crippen LogP contribution in [-0.2, 0) is 12.8 Å². The third kappa shape index (κ3) is 3.81. The van der Waals surface area contributed by atoms with Crippen LogP contribution in [-0.4, -0.2) is 18.6 Å². The van der Waals surface area contributed by atoms with Crippen molar-refractivity contribution in [1.29, 1.82) is 0 Å². The summed E-state index contributed by atoms with van der Waals surface area (Å²) in [6, 6.07) is 8.19. The number of benzene rings is 1. The molecular formula is C16H22N2OS. The monoisotopic (exact) mass is 290 g/mol. The first-order valence-electron chi connectivity index (χ1n) is 6.95. The number of thiazole rings is 1. The van der Waals surface area contributed by atoms with E-state index in [0.29, 0.717) is 12.5 Å². The third-order valence-electron chi connectivity index (χ3n) is 3.66. The van der Waals surface area contributed by atoms with Crippen LogP contribution in [0.25, 0.3) is 0 Å². The Bertz CT molecular complexity index is 539. The fourth-order valence-electron chi connectivity index (χ4n) is 2.39. The number of methoxy groups -OCH3 is 1. The van der Waals surface area contributed by atoms with Crippen LogP contribution in [0.1, 0.15) is 22.6 Å². The van der Waals surface area contributed by atoms with E-state index in [4.69, 9.17) is 10.5 Å². The van der Waals surface area contributed by atoms with Gasteiger partial charge >= 0.3 is 0 Å². The van der Waals surface area contributed by atoms with Gasteiger partial charge in [-0.05, 0) is 50.3 Å². The van der Waals surface area contributed by atoms with E-state index in [0.717, 1.165) is 30.7 Å². The average molecular weight is 290 g/mol. The second-order valence-electron chi connectivity index (χ2n) is 5.02. The molecule has 108 valence electrons. The topological polar surface area (TPSA) is 48.1 Å². The molecule has 1 aromatic carbocycles. The summed E-state index contributed by atoms with van der Waals surface area (Å²) in [6.07, 6.45) is 3.13. The van der Waals surface area contributed by atoms with Crippen molar-refractivity contribution in [3.05, 3.63) is 45.9 Å². The second kappa shape index (κ2) is 7.41. The van der Waals surface area contributed by atoms with Crippen LogP contribution in [0.4, 0.5) is 0 Å². The molecule has 1 aromatic heterocycles. The molecule has 0 amide bonds. The first-order chi connectivity index (χ1) is 9.74. The molecule has 0 saturated carbocycles. The predicted octanol–water partition coefficient (Wildman–Crippen LogP) is 3.21. The van der Waals surface area contributed by atoms with Crippen molar-refractivity contribution in [3.8, 4) is 5.75 Å². The number of para-hydroxylation sites is 1. The standard InChI is InChI=1S/C16H22N2OS/c1-12-16(20-11-18-12)8-7-13(10-17)9-14-5-3-4-6-15(14)19-2/h3-6,11,13H,7-10,17H2,1-2H3. The molecule has 0 radical (unpaired) electrons. The molecule has 0 saturated heterocycles. The number of hydrogen-bond donors (Lipinski definition) is 1. The first-order valence-corrected chi connectivity index (χ1v) is 7.83. The Labute approximate surface area is 124 Å². The molecule has 1 heterocycles. The maximum Gasteiger partial charge on any atom is 0.122 e. The molecule has 3 nitrogen and oxygen atoms in total. The van der Waals surface area contributed by atoms with Crippen molar-refractivity contribution in [2.45, 2.75) is 26.2 Å². The maximum absolute atomic E-state index is 5.94. The van der Waals surface area contributed by atoms with Gasteiger partial charge in [-0.2, -0.15) is 0 Å². The summed E-state index contributed by atoms with van der Waals surface area (Å²) in [6.45, 7) is 2.78. The van der Waals surface area contributed by atoms with Crippen molar-refractivity contribution < 1.29 is 4.74 Å². The van der Waals surface area contributed by atoms with Gasteiger partial charge in [0.05, 0.1) is 18.3 Å². The average Bonchev–Trinajstić information content (AvgIpc) is 2.89. The third-order valence-corrected chi connectivity index (χ3v) is 4.65. The van der Waals surface area contributed by atoms with Gasteiger partial charge in [0.2, 0.25) is 0 Å². The Balaban J connectivity index is 1.97. The van der Waals surface area contributed by atoms with Crippen molar-refractivity contribution in [1.82, 2.24) is 4.98 Å². The Hall–Kier alpha value is -1.39. The van der Waals surface area contributed by atoms with Gasteiger partial charge in [-0.1, -0.05) is 18.2 Å². The van der Waals surface area contributed by atoms with Crippen LogP contribution < -0.4 is 10.5 Å². The van der Waals surface area contributed by atoms with Gasteiger partial charge in [0, 0.05) is 4.88 Å². The largest absolute Gasteiger partial charge is 0.496 e. The molecule has 2 aromatic rings. The molecule has 1 atom stereocenters. The summed E-state index contributed by atoms with van der Waals surface area (Å²) in [5.41, 5.74) is 10.3. The van der Waals surface area contributed by atoms with Gasteiger partial charge in [-0.25, -0.2) is 4.98 Å². The fourth-order valence-corrected chi connectivity index (χ4v) is 3.18. The lowest BCUT2D eigenvalue weighted by atomic mass is 9.94. The Morgan fingerprint density at radius 1 is 1.35 bits per heavy atom. The minimum atomic E-state index is 0.479. The quantitative estimate of drug-likeness (QED) is 0.852. The van der Waals surface area contributed by atoms with Crippen molar-refractivity contribution in [3.63, 3.8) is 0 Å². The van der Waals surface area contributed by atoms with Gasteiger partial charge in [0.1, 0.15) is 5.75 Å². The van der Waals surface area contributed by atoms with E-state index in [9.17, 15) is 0 Å². The lowest BCUT2D eigenvalue weighted by molar-refractivity contribution is 0.402. The number of aromatic nitrogens is 1. The number of ether oxygens (including phenoxy) is 1. The normalized spacial score (nSPS) is 12.3. The highest BCUT2D eigenvalue weighted by Crippen LogP contribution is 2.24. The highest BCUT2D eigenvalue weighted by molar-refractivity contribution is 7.09. The molecule has 0 aliphatic carbocycles. The number of rotatable bonds is 7. The summed E-state index contributed by atoms with van der Waals surface area (Å²) in [7, 11) is 1.72. The van der Waals surface area contributed by atoms with E-state index in [1.54, 1.807) is 18.4 Å². The summed E-state index contributed by atoms with van der Waals surface area (Å²) < 4.78 is 5.41. The van der Waals surface area contributed by atoms with Gasteiger partial charge in [-0.15, -0.1) is 11.3 Å². The molecule has 0 bridgehead atoms. The molecular weight excluding hydrogens is 268 g/mol. The smallest absolute Gasteiger partial charge is 0.122 e. The van der Waals surface area contributed by atoms with Crippen LogP contribution in [0.5, 0.6) is 5.75 Å². The zero-order valence-electron chi connectivity index (χ0n) is 12.1. The van der Waals surface area contributed by atoms with Crippen LogP contribution in [0.3, 0.4) is 0 Å².